The molecule has 18 heavy (non-hydrogen) atoms. The lowest BCUT2D eigenvalue weighted by atomic mass is 10.0. The van der Waals surface area contributed by atoms with Crippen molar-refractivity contribution in [1.82, 2.24) is 9.80 Å². The van der Waals surface area contributed by atoms with Gasteiger partial charge in [0.15, 0.2) is 0 Å². The molecule has 2 saturated heterocycles. The lowest BCUT2D eigenvalue weighted by molar-refractivity contribution is -0.133. The van der Waals surface area contributed by atoms with E-state index in [9.17, 15) is 4.79 Å². The van der Waals surface area contributed by atoms with Gasteiger partial charge in [-0.05, 0) is 38.1 Å². The van der Waals surface area contributed by atoms with Crippen LogP contribution < -0.4 is 5.73 Å². The van der Waals surface area contributed by atoms with E-state index in [1.807, 2.05) is 4.90 Å². The number of carbonyl (C=O) groups excluding carboxylic acids is 1. The molecule has 2 aliphatic heterocycles. The fourth-order valence-electron chi connectivity index (χ4n) is 3.25. The second kappa shape index (κ2) is 6.02. The highest BCUT2D eigenvalue weighted by molar-refractivity contribution is 5.81. The van der Waals surface area contributed by atoms with Gasteiger partial charge in [0, 0.05) is 25.7 Å². The predicted molar refractivity (Wildman–Crippen MR) is 73.2 cm³/mol. The summed E-state index contributed by atoms with van der Waals surface area (Å²) in [6.07, 6.45) is 4.41. The summed E-state index contributed by atoms with van der Waals surface area (Å²) in [5.74, 6) is 0.649. The van der Waals surface area contributed by atoms with Gasteiger partial charge in [-0.3, -0.25) is 9.69 Å². The summed E-state index contributed by atoms with van der Waals surface area (Å²) in [6, 6.07) is 0.278. The van der Waals surface area contributed by atoms with Crippen LogP contribution in [0.5, 0.6) is 0 Å². The first-order valence-electron chi connectivity index (χ1n) is 7.36. The Bertz CT molecular complexity index is 293. The molecular formula is C14H27N3O. The standard InChI is InChI=1S/C14H27N3O/c1-11(2)9-13(15)14(18)17-8-4-7-16-6-3-5-12(16)10-17/h11-13H,3-10,15H2,1-2H3/t12?,13-/m1/s1. The highest BCUT2D eigenvalue weighted by Gasteiger charge is 2.32. The Morgan fingerprint density at radius 1 is 1.28 bits per heavy atom. The first kappa shape index (κ1) is 13.8. The number of amides is 1. The number of fused-ring (bicyclic) bond motifs is 1. The first-order valence-corrected chi connectivity index (χ1v) is 7.36. The van der Waals surface area contributed by atoms with Crippen LogP contribution in [-0.4, -0.2) is 54.0 Å². The van der Waals surface area contributed by atoms with Crippen molar-refractivity contribution in [3.05, 3.63) is 0 Å². The van der Waals surface area contributed by atoms with Crippen LogP contribution in [0.3, 0.4) is 0 Å². The summed E-state index contributed by atoms with van der Waals surface area (Å²) >= 11 is 0. The van der Waals surface area contributed by atoms with Gasteiger partial charge in [0.2, 0.25) is 5.91 Å². The molecule has 4 nitrogen and oxygen atoms in total. The van der Waals surface area contributed by atoms with E-state index in [4.69, 9.17) is 5.73 Å². The molecular weight excluding hydrogens is 226 g/mol. The maximum absolute atomic E-state index is 12.4. The Hall–Kier alpha value is -0.610. The van der Waals surface area contributed by atoms with E-state index in [2.05, 4.69) is 18.7 Å². The zero-order chi connectivity index (χ0) is 13.1. The summed E-state index contributed by atoms with van der Waals surface area (Å²) in [5.41, 5.74) is 6.03. The van der Waals surface area contributed by atoms with Gasteiger partial charge in [-0.2, -0.15) is 0 Å². The third-order valence-corrected chi connectivity index (χ3v) is 4.16. The fraction of sp³-hybridized carbons (Fsp3) is 0.929. The van der Waals surface area contributed by atoms with Crippen LogP contribution in [0.1, 0.15) is 39.5 Å². The summed E-state index contributed by atoms with van der Waals surface area (Å²) < 4.78 is 0. The summed E-state index contributed by atoms with van der Waals surface area (Å²) in [7, 11) is 0. The second-order valence-electron chi connectivity index (χ2n) is 6.21. The minimum Gasteiger partial charge on any atom is -0.340 e. The highest BCUT2D eigenvalue weighted by atomic mass is 16.2. The van der Waals surface area contributed by atoms with Crippen LogP contribution in [0.25, 0.3) is 0 Å². The van der Waals surface area contributed by atoms with Crippen molar-refractivity contribution in [1.29, 1.82) is 0 Å². The molecule has 2 aliphatic rings. The van der Waals surface area contributed by atoms with Gasteiger partial charge in [0.05, 0.1) is 6.04 Å². The van der Waals surface area contributed by atoms with E-state index in [1.165, 1.54) is 19.4 Å². The van der Waals surface area contributed by atoms with E-state index in [-0.39, 0.29) is 11.9 Å². The van der Waals surface area contributed by atoms with Crippen molar-refractivity contribution < 1.29 is 4.79 Å². The Labute approximate surface area is 110 Å². The molecule has 0 bridgehead atoms. The maximum Gasteiger partial charge on any atom is 0.239 e. The molecule has 2 N–H and O–H groups in total. The van der Waals surface area contributed by atoms with Crippen molar-refractivity contribution in [2.75, 3.05) is 26.2 Å². The van der Waals surface area contributed by atoms with E-state index in [0.29, 0.717) is 12.0 Å². The molecule has 104 valence electrons. The third kappa shape index (κ3) is 3.23. The van der Waals surface area contributed by atoms with Gasteiger partial charge >= 0.3 is 0 Å². The normalized spacial score (nSPS) is 27.1. The molecule has 0 saturated carbocycles. The Morgan fingerprint density at radius 3 is 2.72 bits per heavy atom. The average Bonchev–Trinajstić information content (AvgIpc) is 2.64. The molecule has 1 unspecified atom stereocenters. The summed E-state index contributed by atoms with van der Waals surface area (Å²) in [5, 5.41) is 0. The van der Waals surface area contributed by atoms with Crippen LogP contribution in [0, 0.1) is 5.92 Å². The molecule has 2 rings (SSSR count). The number of nitrogens with zero attached hydrogens (tertiary/aromatic N) is 2. The molecule has 0 spiro atoms. The number of rotatable bonds is 3. The van der Waals surface area contributed by atoms with Gasteiger partial charge in [-0.25, -0.2) is 0 Å². The van der Waals surface area contributed by atoms with Crippen LogP contribution in [0.2, 0.25) is 0 Å². The van der Waals surface area contributed by atoms with Crippen LogP contribution >= 0.6 is 0 Å². The predicted octanol–water partition coefficient (Wildman–Crippen LogP) is 1.06. The minimum atomic E-state index is -0.307. The second-order valence-corrected chi connectivity index (χ2v) is 6.21. The number of hydrogen-bond acceptors (Lipinski definition) is 3. The van der Waals surface area contributed by atoms with Crippen molar-refractivity contribution in [3.8, 4) is 0 Å². The largest absolute Gasteiger partial charge is 0.340 e. The van der Waals surface area contributed by atoms with Crippen LogP contribution in [-0.2, 0) is 4.79 Å². The first-order chi connectivity index (χ1) is 8.58. The molecule has 4 heteroatoms. The van der Waals surface area contributed by atoms with Gasteiger partial charge < -0.3 is 10.6 Å². The summed E-state index contributed by atoms with van der Waals surface area (Å²) in [4.78, 5) is 16.9. The molecule has 0 aliphatic carbocycles. The van der Waals surface area contributed by atoms with Gasteiger partial charge in [-0.15, -0.1) is 0 Å². The zero-order valence-corrected chi connectivity index (χ0v) is 11.8. The van der Waals surface area contributed by atoms with E-state index < -0.39 is 0 Å². The number of hydrogen-bond donors (Lipinski definition) is 1. The lowest BCUT2D eigenvalue weighted by Crippen LogP contribution is -2.47. The molecule has 1 amide bonds. The zero-order valence-electron chi connectivity index (χ0n) is 11.8. The topological polar surface area (TPSA) is 49.6 Å². The lowest BCUT2D eigenvalue weighted by Gasteiger charge is -2.28. The molecule has 0 aromatic rings. The van der Waals surface area contributed by atoms with Crippen LogP contribution in [0.4, 0.5) is 0 Å². The van der Waals surface area contributed by atoms with Crippen LogP contribution in [0.15, 0.2) is 0 Å². The molecule has 2 atom stereocenters. The van der Waals surface area contributed by atoms with E-state index in [1.54, 1.807) is 0 Å². The Balaban J connectivity index is 1.93. The molecule has 0 aromatic heterocycles. The SMILES string of the molecule is CC(C)C[C@@H](N)C(=O)N1CCCN2CCCC2C1. The molecule has 0 aromatic carbocycles. The van der Waals surface area contributed by atoms with Gasteiger partial charge in [-0.1, -0.05) is 13.8 Å². The third-order valence-electron chi connectivity index (χ3n) is 4.16. The van der Waals surface area contributed by atoms with Crippen molar-refractivity contribution >= 4 is 5.91 Å². The number of nitrogens with two attached hydrogens (primary N) is 1. The quantitative estimate of drug-likeness (QED) is 0.818. The summed E-state index contributed by atoms with van der Waals surface area (Å²) in [6.45, 7) is 8.38. The molecule has 2 heterocycles. The molecule has 0 radical (unpaired) electrons. The monoisotopic (exact) mass is 253 g/mol. The van der Waals surface area contributed by atoms with Crippen molar-refractivity contribution in [2.24, 2.45) is 11.7 Å². The van der Waals surface area contributed by atoms with Crippen molar-refractivity contribution in [3.63, 3.8) is 0 Å². The smallest absolute Gasteiger partial charge is 0.239 e. The fourth-order valence-corrected chi connectivity index (χ4v) is 3.25. The Kier molecular flexibility index (Phi) is 4.62. The average molecular weight is 253 g/mol. The molecule has 2 fully saturated rings. The number of carbonyl (C=O) groups is 1. The van der Waals surface area contributed by atoms with Gasteiger partial charge in [0.25, 0.3) is 0 Å². The highest BCUT2D eigenvalue weighted by Crippen LogP contribution is 2.21. The van der Waals surface area contributed by atoms with E-state index in [0.717, 1.165) is 32.5 Å². The minimum absolute atomic E-state index is 0.164. The van der Waals surface area contributed by atoms with Gasteiger partial charge in [0.1, 0.15) is 0 Å². The maximum atomic E-state index is 12.4. The van der Waals surface area contributed by atoms with E-state index >= 15 is 0 Å². The van der Waals surface area contributed by atoms with Crippen molar-refractivity contribution in [2.45, 2.75) is 51.6 Å². The Morgan fingerprint density at radius 2 is 2.00 bits per heavy atom.